The van der Waals surface area contributed by atoms with Gasteiger partial charge in [0.15, 0.2) is 16.8 Å². The minimum absolute atomic E-state index is 0.0219. The molecule has 0 bridgehead atoms. The van der Waals surface area contributed by atoms with Crippen molar-refractivity contribution < 1.29 is 4.79 Å². The summed E-state index contributed by atoms with van der Waals surface area (Å²) in [6, 6.07) is 11.8. The molecular formula is C21H21N7OS. The van der Waals surface area contributed by atoms with Crippen LogP contribution in [0.1, 0.15) is 18.4 Å². The molecule has 4 heterocycles. The first-order valence-corrected chi connectivity index (χ1v) is 10.7. The van der Waals surface area contributed by atoms with Crippen molar-refractivity contribution in [2.24, 2.45) is 5.92 Å². The van der Waals surface area contributed by atoms with E-state index in [9.17, 15) is 4.79 Å². The van der Waals surface area contributed by atoms with Crippen LogP contribution in [0.25, 0.3) is 16.0 Å². The van der Waals surface area contributed by atoms with Crippen molar-refractivity contribution >= 4 is 38.4 Å². The molecule has 1 N–H and O–H groups in total. The number of nitrogens with one attached hydrogen (secondary N) is 1. The van der Waals surface area contributed by atoms with Crippen molar-refractivity contribution in [3.63, 3.8) is 0 Å². The number of carbonyl (C=O) groups excluding carboxylic acids is 1. The molecule has 9 heteroatoms. The molecule has 8 nitrogen and oxygen atoms in total. The van der Waals surface area contributed by atoms with E-state index in [0.717, 1.165) is 42.0 Å². The predicted octanol–water partition coefficient (Wildman–Crippen LogP) is 3.44. The van der Waals surface area contributed by atoms with Crippen LogP contribution in [0.3, 0.4) is 0 Å². The molecule has 1 aliphatic heterocycles. The number of thiazole rings is 1. The van der Waals surface area contributed by atoms with Crippen LogP contribution < -0.4 is 10.2 Å². The summed E-state index contributed by atoms with van der Waals surface area (Å²) in [7, 11) is 0. The van der Waals surface area contributed by atoms with E-state index in [-0.39, 0.29) is 11.8 Å². The third-order valence-electron chi connectivity index (χ3n) is 5.34. The van der Waals surface area contributed by atoms with E-state index in [1.807, 2.05) is 36.5 Å². The Morgan fingerprint density at radius 3 is 2.67 bits per heavy atom. The fourth-order valence-corrected chi connectivity index (χ4v) is 4.64. The molecule has 1 saturated heterocycles. The molecule has 4 aromatic rings. The first-order chi connectivity index (χ1) is 14.7. The maximum absolute atomic E-state index is 12.7. The van der Waals surface area contributed by atoms with E-state index < -0.39 is 0 Å². The zero-order chi connectivity index (χ0) is 20.5. The monoisotopic (exact) mass is 419 g/mol. The van der Waals surface area contributed by atoms with E-state index >= 15 is 0 Å². The van der Waals surface area contributed by atoms with Crippen LogP contribution in [-0.4, -0.2) is 44.0 Å². The molecule has 3 aromatic heterocycles. The Balaban J connectivity index is 1.19. The molecule has 0 spiro atoms. The van der Waals surface area contributed by atoms with Crippen molar-refractivity contribution in [2.75, 3.05) is 23.3 Å². The first-order valence-electron chi connectivity index (χ1n) is 9.92. The molecule has 0 saturated carbocycles. The van der Waals surface area contributed by atoms with Crippen LogP contribution in [0, 0.1) is 12.8 Å². The van der Waals surface area contributed by atoms with Gasteiger partial charge in [0.05, 0.1) is 10.2 Å². The lowest BCUT2D eigenvalue weighted by atomic mass is 9.96. The first kappa shape index (κ1) is 18.7. The van der Waals surface area contributed by atoms with E-state index in [2.05, 4.69) is 43.5 Å². The SMILES string of the molecule is Cc1ccc2nc(NC(=O)C3CCN(c4ccc(-n5cccn5)nn4)CC3)sc2c1. The van der Waals surface area contributed by atoms with Gasteiger partial charge in [0, 0.05) is 31.4 Å². The highest BCUT2D eigenvalue weighted by Gasteiger charge is 2.26. The lowest BCUT2D eigenvalue weighted by Gasteiger charge is -2.31. The Hall–Kier alpha value is -3.33. The zero-order valence-corrected chi connectivity index (χ0v) is 17.3. The average molecular weight is 420 g/mol. The van der Waals surface area contributed by atoms with Crippen molar-refractivity contribution in [3.8, 4) is 5.82 Å². The molecule has 152 valence electrons. The largest absolute Gasteiger partial charge is 0.355 e. The molecule has 0 atom stereocenters. The van der Waals surface area contributed by atoms with Gasteiger partial charge in [-0.15, -0.1) is 10.2 Å². The summed E-state index contributed by atoms with van der Waals surface area (Å²) in [5.41, 5.74) is 2.12. The number of aromatic nitrogens is 5. The Kier molecular flexibility index (Phi) is 4.88. The number of nitrogens with zero attached hydrogens (tertiary/aromatic N) is 6. The Labute approximate surface area is 177 Å². The molecule has 1 aliphatic rings. The number of hydrogen-bond acceptors (Lipinski definition) is 7. The number of fused-ring (bicyclic) bond motifs is 1. The van der Waals surface area contributed by atoms with Crippen molar-refractivity contribution in [1.82, 2.24) is 25.0 Å². The van der Waals surface area contributed by atoms with Crippen molar-refractivity contribution in [3.05, 3.63) is 54.4 Å². The van der Waals surface area contributed by atoms with Gasteiger partial charge in [0.2, 0.25) is 5.91 Å². The van der Waals surface area contributed by atoms with Gasteiger partial charge in [-0.3, -0.25) is 4.79 Å². The van der Waals surface area contributed by atoms with Gasteiger partial charge in [0.25, 0.3) is 0 Å². The van der Waals surface area contributed by atoms with Crippen molar-refractivity contribution in [2.45, 2.75) is 19.8 Å². The van der Waals surface area contributed by atoms with Crippen LogP contribution >= 0.6 is 11.3 Å². The number of hydrogen-bond donors (Lipinski definition) is 1. The number of rotatable bonds is 4. The normalized spacial score (nSPS) is 14.9. The van der Waals surface area contributed by atoms with Gasteiger partial charge in [-0.1, -0.05) is 17.4 Å². The zero-order valence-electron chi connectivity index (χ0n) is 16.5. The van der Waals surface area contributed by atoms with Crippen LogP contribution in [0.5, 0.6) is 0 Å². The molecule has 0 unspecified atom stereocenters. The second-order valence-electron chi connectivity index (χ2n) is 7.44. The van der Waals surface area contributed by atoms with Gasteiger partial charge < -0.3 is 10.2 Å². The van der Waals surface area contributed by atoms with Gasteiger partial charge >= 0.3 is 0 Å². The molecule has 0 aliphatic carbocycles. The Morgan fingerprint density at radius 1 is 1.13 bits per heavy atom. The lowest BCUT2D eigenvalue weighted by molar-refractivity contribution is -0.120. The molecular weight excluding hydrogens is 398 g/mol. The number of carbonyl (C=O) groups is 1. The van der Waals surface area contributed by atoms with Crippen LogP contribution in [0.4, 0.5) is 10.9 Å². The van der Waals surface area contributed by atoms with Crippen LogP contribution in [0.15, 0.2) is 48.8 Å². The minimum atomic E-state index is -0.0219. The van der Waals surface area contributed by atoms with Crippen molar-refractivity contribution in [1.29, 1.82) is 0 Å². The number of anilines is 2. The lowest BCUT2D eigenvalue weighted by Crippen LogP contribution is -2.38. The summed E-state index contributed by atoms with van der Waals surface area (Å²) in [5.74, 6) is 1.53. The summed E-state index contributed by atoms with van der Waals surface area (Å²) in [6.45, 7) is 3.60. The van der Waals surface area contributed by atoms with Gasteiger partial charge in [-0.05, 0) is 55.7 Å². The van der Waals surface area contributed by atoms with E-state index in [1.54, 1.807) is 10.9 Å². The summed E-state index contributed by atoms with van der Waals surface area (Å²) >= 11 is 1.52. The topological polar surface area (TPSA) is 88.8 Å². The van der Waals surface area contributed by atoms with Crippen LogP contribution in [-0.2, 0) is 4.79 Å². The summed E-state index contributed by atoms with van der Waals surface area (Å²) in [5, 5.41) is 16.4. The highest BCUT2D eigenvalue weighted by molar-refractivity contribution is 7.22. The number of benzene rings is 1. The molecule has 1 aromatic carbocycles. The number of piperidine rings is 1. The standard InChI is InChI=1S/C21H21N7OS/c1-14-3-4-16-17(13-14)30-21(23-16)24-20(29)15-7-11-27(12-8-15)18-5-6-19(26-25-18)28-10-2-9-22-28/h2-6,9-10,13,15H,7-8,11-12H2,1H3,(H,23,24,29). The quantitative estimate of drug-likeness (QED) is 0.545. The minimum Gasteiger partial charge on any atom is -0.355 e. The highest BCUT2D eigenvalue weighted by Crippen LogP contribution is 2.28. The fraction of sp³-hybridized carbons (Fsp3) is 0.286. The molecule has 5 rings (SSSR count). The van der Waals surface area contributed by atoms with Gasteiger partial charge in [0.1, 0.15) is 0 Å². The summed E-state index contributed by atoms with van der Waals surface area (Å²) < 4.78 is 2.77. The second kappa shape index (κ2) is 7.83. The maximum atomic E-state index is 12.7. The number of aryl methyl sites for hydroxylation is 1. The number of amides is 1. The van der Waals surface area contributed by atoms with Gasteiger partial charge in [-0.25, -0.2) is 9.67 Å². The van der Waals surface area contributed by atoms with Gasteiger partial charge in [-0.2, -0.15) is 5.10 Å². The van der Waals surface area contributed by atoms with E-state index in [1.165, 1.54) is 16.9 Å². The Morgan fingerprint density at radius 2 is 1.93 bits per heavy atom. The maximum Gasteiger partial charge on any atom is 0.229 e. The van der Waals surface area contributed by atoms with E-state index in [0.29, 0.717) is 10.9 Å². The molecule has 0 radical (unpaired) electrons. The smallest absolute Gasteiger partial charge is 0.229 e. The molecule has 1 fully saturated rings. The van der Waals surface area contributed by atoms with E-state index in [4.69, 9.17) is 0 Å². The summed E-state index contributed by atoms with van der Waals surface area (Å²) in [6.07, 6.45) is 5.10. The highest BCUT2D eigenvalue weighted by atomic mass is 32.1. The predicted molar refractivity (Wildman–Crippen MR) is 117 cm³/mol. The third-order valence-corrected chi connectivity index (χ3v) is 6.27. The molecule has 1 amide bonds. The summed E-state index contributed by atoms with van der Waals surface area (Å²) in [4.78, 5) is 19.4. The second-order valence-corrected chi connectivity index (χ2v) is 8.47. The fourth-order valence-electron chi connectivity index (χ4n) is 3.68. The molecule has 30 heavy (non-hydrogen) atoms. The average Bonchev–Trinajstić information content (AvgIpc) is 3.43. The van der Waals surface area contributed by atoms with Crippen LogP contribution in [0.2, 0.25) is 0 Å². The Bertz CT molecular complexity index is 1160. The third kappa shape index (κ3) is 3.76.